The summed E-state index contributed by atoms with van der Waals surface area (Å²) in [5.41, 5.74) is -1.11. The highest BCUT2D eigenvalue weighted by molar-refractivity contribution is 6.30. The summed E-state index contributed by atoms with van der Waals surface area (Å²) in [5.74, 6) is -0.745. The number of nitriles is 1. The molecular weight excluding hydrogens is 317 g/mol. The summed E-state index contributed by atoms with van der Waals surface area (Å²) in [6.07, 6.45) is -4.65. The second-order valence-electron chi connectivity index (χ2n) is 4.33. The third-order valence-corrected chi connectivity index (χ3v) is 3.02. The van der Waals surface area contributed by atoms with Crippen molar-refractivity contribution in [2.75, 3.05) is 5.32 Å². The van der Waals surface area contributed by atoms with E-state index in [1.807, 2.05) is 6.07 Å². The average molecular weight is 325 g/mol. The Balaban J connectivity index is 2.35. The molecule has 0 aromatic heterocycles. The monoisotopic (exact) mass is 324 g/mol. The van der Waals surface area contributed by atoms with Crippen LogP contribution in [0.3, 0.4) is 0 Å². The predicted octanol–water partition coefficient (Wildman–Crippen LogP) is 4.48. The van der Waals surface area contributed by atoms with Crippen LogP contribution in [0.4, 0.5) is 18.9 Å². The summed E-state index contributed by atoms with van der Waals surface area (Å²) in [4.78, 5) is 12.0. The Kier molecular flexibility index (Phi) is 4.38. The van der Waals surface area contributed by atoms with Crippen molar-refractivity contribution in [1.29, 1.82) is 5.26 Å². The van der Waals surface area contributed by atoms with Gasteiger partial charge in [-0.1, -0.05) is 17.7 Å². The average Bonchev–Trinajstić information content (AvgIpc) is 2.48. The van der Waals surface area contributed by atoms with Gasteiger partial charge in [0, 0.05) is 10.6 Å². The van der Waals surface area contributed by atoms with E-state index in [1.54, 1.807) is 0 Å². The molecule has 0 aliphatic heterocycles. The molecule has 1 amide bonds. The number of amides is 1. The van der Waals surface area contributed by atoms with Crippen LogP contribution in [0, 0.1) is 11.3 Å². The molecule has 22 heavy (non-hydrogen) atoms. The molecule has 2 rings (SSSR count). The van der Waals surface area contributed by atoms with E-state index in [9.17, 15) is 18.0 Å². The summed E-state index contributed by atoms with van der Waals surface area (Å²) in [6.45, 7) is 0. The first-order valence-corrected chi connectivity index (χ1v) is 6.37. The van der Waals surface area contributed by atoms with E-state index in [4.69, 9.17) is 16.9 Å². The number of halogens is 4. The third kappa shape index (κ3) is 3.57. The Morgan fingerprint density at radius 2 is 1.91 bits per heavy atom. The molecular formula is C15H8ClF3N2O. The normalized spacial score (nSPS) is 10.9. The van der Waals surface area contributed by atoms with Gasteiger partial charge in [-0.2, -0.15) is 18.4 Å². The zero-order chi connectivity index (χ0) is 16.3. The Hall–Kier alpha value is -2.52. The van der Waals surface area contributed by atoms with Gasteiger partial charge in [-0.15, -0.1) is 0 Å². The van der Waals surface area contributed by atoms with Gasteiger partial charge in [0.25, 0.3) is 5.91 Å². The van der Waals surface area contributed by atoms with Crippen molar-refractivity contribution in [3.8, 4) is 6.07 Å². The number of alkyl halides is 3. The van der Waals surface area contributed by atoms with Gasteiger partial charge in [-0.05, 0) is 36.4 Å². The highest BCUT2D eigenvalue weighted by atomic mass is 35.5. The molecule has 7 heteroatoms. The molecule has 0 aliphatic rings. The lowest BCUT2D eigenvalue weighted by Crippen LogP contribution is -2.16. The zero-order valence-electron chi connectivity index (χ0n) is 10.9. The van der Waals surface area contributed by atoms with Crippen LogP contribution < -0.4 is 5.32 Å². The number of carbonyl (C=O) groups is 1. The fraction of sp³-hybridized carbons (Fsp3) is 0.0667. The van der Waals surface area contributed by atoms with Gasteiger partial charge in [0.15, 0.2) is 0 Å². The fourth-order valence-electron chi connectivity index (χ4n) is 1.78. The standard InChI is InChI=1S/C15H8ClF3N2O/c16-11-4-5-13(12(7-11)15(17,18)19)21-14(22)10-3-1-2-9(6-10)8-20/h1-7H,(H,21,22). The van der Waals surface area contributed by atoms with E-state index in [-0.39, 0.29) is 16.1 Å². The number of hydrogen-bond donors (Lipinski definition) is 1. The van der Waals surface area contributed by atoms with Crippen LogP contribution in [0.25, 0.3) is 0 Å². The van der Waals surface area contributed by atoms with Gasteiger partial charge in [0.05, 0.1) is 22.9 Å². The van der Waals surface area contributed by atoms with E-state index < -0.39 is 23.3 Å². The molecule has 112 valence electrons. The Morgan fingerprint density at radius 1 is 1.18 bits per heavy atom. The maximum atomic E-state index is 12.9. The van der Waals surface area contributed by atoms with E-state index in [0.29, 0.717) is 0 Å². The van der Waals surface area contributed by atoms with Gasteiger partial charge in [-0.25, -0.2) is 0 Å². The maximum absolute atomic E-state index is 12.9. The number of anilines is 1. The largest absolute Gasteiger partial charge is 0.418 e. The Morgan fingerprint density at radius 3 is 2.55 bits per heavy atom. The van der Waals surface area contributed by atoms with Crippen LogP contribution in [0.5, 0.6) is 0 Å². The molecule has 2 aromatic rings. The number of carbonyl (C=O) groups excluding carboxylic acids is 1. The van der Waals surface area contributed by atoms with Gasteiger partial charge >= 0.3 is 6.18 Å². The van der Waals surface area contributed by atoms with Gasteiger partial charge in [0.1, 0.15) is 0 Å². The highest BCUT2D eigenvalue weighted by Gasteiger charge is 2.34. The first-order chi connectivity index (χ1) is 10.3. The van der Waals surface area contributed by atoms with E-state index >= 15 is 0 Å². The second-order valence-corrected chi connectivity index (χ2v) is 4.77. The van der Waals surface area contributed by atoms with Gasteiger partial charge in [-0.3, -0.25) is 4.79 Å². The molecule has 2 aromatic carbocycles. The fourth-order valence-corrected chi connectivity index (χ4v) is 1.96. The van der Waals surface area contributed by atoms with Crippen LogP contribution in [0.1, 0.15) is 21.5 Å². The molecule has 1 N–H and O–H groups in total. The van der Waals surface area contributed by atoms with E-state index in [0.717, 1.165) is 12.1 Å². The number of benzene rings is 2. The Labute approximate surface area is 128 Å². The smallest absolute Gasteiger partial charge is 0.321 e. The summed E-state index contributed by atoms with van der Waals surface area (Å²) in [7, 11) is 0. The molecule has 0 radical (unpaired) electrons. The topological polar surface area (TPSA) is 52.9 Å². The van der Waals surface area contributed by atoms with E-state index in [1.165, 1.54) is 30.3 Å². The first kappa shape index (κ1) is 15.9. The molecule has 3 nitrogen and oxygen atoms in total. The number of rotatable bonds is 2. The van der Waals surface area contributed by atoms with Gasteiger partial charge < -0.3 is 5.32 Å². The second kappa shape index (κ2) is 6.08. The summed E-state index contributed by atoms with van der Waals surface area (Å²) in [5, 5.41) is 10.9. The van der Waals surface area contributed by atoms with Crippen LogP contribution >= 0.6 is 11.6 Å². The van der Waals surface area contributed by atoms with Crippen molar-refractivity contribution in [2.45, 2.75) is 6.18 Å². The summed E-state index contributed by atoms with van der Waals surface area (Å²) in [6, 6.07) is 10.6. The molecule has 0 saturated carbocycles. The molecule has 0 saturated heterocycles. The molecule has 0 aliphatic carbocycles. The highest BCUT2D eigenvalue weighted by Crippen LogP contribution is 2.36. The molecule has 0 atom stereocenters. The lowest BCUT2D eigenvalue weighted by molar-refractivity contribution is -0.136. The van der Waals surface area contributed by atoms with Crippen molar-refractivity contribution in [1.82, 2.24) is 0 Å². The summed E-state index contributed by atoms with van der Waals surface area (Å²) < 4.78 is 38.8. The van der Waals surface area contributed by atoms with E-state index in [2.05, 4.69) is 5.32 Å². The molecule has 0 unspecified atom stereocenters. The zero-order valence-corrected chi connectivity index (χ0v) is 11.7. The van der Waals surface area contributed by atoms with Crippen LogP contribution in [-0.4, -0.2) is 5.91 Å². The molecule has 0 heterocycles. The van der Waals surface area contributed by atoms with Crippen LogP contribution in [0.2, 0.25) is 5.02 Å². The van der Waals surface area contributed by atoms with Crippen molar-refractivity contribution < 1.29 is 18.0 Å². The third-order valence-electron chi connectivity index (χ3n) is 2.79. The molecule has 0 spiro atoms. The predicted molar refractivity (Wildman–Crippen MR) is 75.6 cm³/mol. The Bertz CT molecular complexity index is 766. The maximum Gasteiger partial charge on any atom is 0.418 e. The SMILES string of the molecule is N#Cc1cccc(C(=O)Nc2ccc(Cl)cc2C(F)(F)F)c1. The minimum absolute atomic E-state index is 0.0853. The van der Waals surface area contributed by atoms with Gasteiger partial charge in [0.2, 0.25) is 0 Å². The first-order valence-electron chi connectivity index (χ1n) is 5.99. The van der Waals surface area contributed by atoms with Crippen molar-refractivity contribution >= 4 is 23.2 Å². The van der Waals surface area contributed by atoms with Crippen molar-refractivity contribution in [3.63, 3.8) is 0 Å². The van der Waals surface area contributed by atoms with Crippen molar-refractivity contribution in [3.05, 3.63) is 64.2 Å². The summed E-state index contributed by atoms with van der Waals surface area (Å²) >= 11 is 5.57. The lowest BCUT2D eigenvalue weighted by atomic mass is 10.1. The lowest BCUT2D eigenvalue weighted by Gasteiger charge is -2.14. The number of nitrogens with zero attached hydrogens (tertiary/aromatic N) is 1. The number of nitrogens with one attached hydrogen (secondary N) is 1. The minimum atomic E-state index is -4.65. The number of hydrogen-bond acceptors (Lipinski definition) is 2. The van der Waals surface area contributed by atoms with Crippen LogP contribution in [0.15, 0.2) is 42.5 Å². The minimum Gasteiger partial charge on any atom is -0.321 e. The quantitative estimate of drug-likeness (QED) is 0.885. The molecule has 0 fully saturated rings. The van der Waals surface area contributed by atoms with Crippen molar-refractivity contribution in [2.24, 2.45) is 0 Å². The molecule has 0 bridgehead atoms. The van der Waals surface area contributed by atoms with Crippen LogP contribution in [-0.2, 0) is 6.18 Å².